The topological polar surface area (TPSA) is 50.9 Å². The summed E-state index contributed by atoms with van der Waals surface area (Å²) in [6.45, 7) is 8.02. The van der Waals surface area contributed by atoms with Crippen molar-refractivity contribution in [3.05, 3.63) is 192 Å². The molecule has 0 saturated carbocycles. The SMILES string of the molecule is [2H]C([2H])([2H])c1cc(-c2ccccc2)ccc1-n1c(-c2cc(C)cc(C)c2O)nc2c(-c3cc(-c4cc(-c5ccc(-c6ccccc6)cc5)ccn4)cc(C(C)(C)C)c3)cccc21. The lowest BCUT2D eigenvalue weighted by Gasteiger charge is -2.22. The Morgan fingerprint density at radius 1 is 0.542 bits per heavy atom. The van der Waals surface area contributed by atoms with Crippen LogP contribution in [0.2, 0.25) is 0 Å². The summed E-state index contributed by atoms with van der Waals surface area (Å²) in [7, 11) is 0. The summed E-state index contributed by atoms with van der Waals surface area (Å²) in [5.41, 5.74) is 15.1. The second kappa shape index (κ2) is 15.0. The molecule has 288 valence electrons. The van der Waals surface area contributed by atoms with Gasteiger partial charge in [-0.05, 0) is 136 Å². The molecule has 0 aliphatic heterocycles. The molecule has 9 rings (SSSR count). The monoisotopic (exact) mass is 768 g/mol. The maximum Gasteiger partial charge on any atom is 0.149 e. The Balaban J connectivity index is 1.24. The van der Waals surface area contributed by atoms with E-state index in [-0.39, 0.29) is 16.7 Å². The first kappa shape index (κ1) is 34.0. The molecule has 0 atom stereocenters. The number of benzene rings is 7. The van der Waals surface area contributed by atoms with Crippen molar-refractivity contribution >= 4 is 11.0 Å². The van der Waals surface area contributed by atoms with E-state index < -0.39 is 6.85 Å². The highest BCUT2D eigenvalue weighted by Crippen LogP contribution is 2.42. The van der Waals surface area contributed by atoms with Gasteiger partial charge in [-0.3, -0.25) is 9.55 Å². The van der Waals surface area contributed by atoms with Crippen LogP contribution in [0.4, 0.5) is 0 Å². The van der Waals surface area contributed by atoms with E-state index in [9.17, 15) is 5.11 Å². The van der Waals surface area contributed by atoms with Gasteiger partial charge < -0.3 is 5.11 Å². The fourth-order valence-corrected chi connectivity index (χ4v) is 8.05. The zero-order valence-electron chi connectivity index (χ0n) is 37.0. The van der Waals surface area contributed by atoms with Crippen LogP contribution in [0.5, 0.6) is 5.75 Å². The lowest BCUT2D eigenvalue weighted by molar-refractivity contribution is 0.472. The minimum absolute atomic E-state index is 0.0997. The fraction of sp³-hybridized carbons (Fsp3) is 0.127. The molecule has 0 bridgehead atoms. The first-order valence-electron chi connectivity index (χ1n) is 21.5. The van der Waals surface area contributed by atoms with E-state index in [4.69, 9.17) is 14.1 Å². The Hall–Kier alpha value is -7.04. The molecule has 2 aromatic heterocycles. The molecule has 0 unspecified atom stereocenters. The Kier molecular flexibility index (Phi) is 8.68. The maximum absolute atomic E-state index is 11.7. The van der Waals surface area contributed by atoms with Crippen molar-refractivity contribution < 1.29 is 9.22 Å². The van der Waals surface area contributed by atoms with E-state index in [1.54, 1.807) is 6.07 Å². The smallest absolute Gasteiger partial charge is 0.149 e. The third kappa shape index (κ3) is 7.23. The normalized spacial score (nSPS) is 12.6. The molecule has 2 heterocycles. The van der Waals surface area contributed by atoms with Gasteiger partial charge in [-0.1, -0.05) is 136 Å². The van der Waals surface area contributed by atoms with Crippen LogP contribution in [0.3, 0.4) is 0 Å². The summed E-state index contributed by atoms with van der Waals surface area (Å²) in [6.07, 6.45) is 1.87. The van der Waals surface area contributed by atoms with Crippen molar-refractivity contribution in [1.29, 1.82) is 0 Å². The highest BCUT2D eigenvalue weighted by atomic mass is 16.3. The third-order valence-corrected chi connectivity index (χ3v) is 11.2. The highest BCUT2D eigenvalue weighted by Gasteiger charge is 2.24. The number of aromatic hydroxyl groups is 1. The van der Waals surface area contributed by atoms with Gasteiger partial charge in [0.2, 0.25) is 0 Å². The number of hydrogen-bond donors (Lipinski definition) is 1. The number of phenolic OH excluding ortho intramolecular Hbond substituents is 1. The fourth-order valence-electron chi connectivity index (χ4n) is 8.05. The average molecular weight is 769 g/mol. The Labute approximate surface area is 351 Å². The third-order valence-electron chi connectivity index (χ3n) is 11.2. The van der Waals surface area contributed by atoms with E-state index in [2.05, 4.69) is 99.6 Å². The second-order valence-electron chi connectivity index (χ2n) is 16.4. The van der Waals surface area contributed by atoms with Crippen LogP contribution in [-0.2, 0) is 5.41 Å². The molecular weight excluding hydrogens is 719 g/mol. The van der Waals surface area contributed by atoms with Crippen LogP contribution in [0.1, 0.15) is 47.1 Å². The van der Waals surface area contributed by atoms with Crippen LogP contribution in [0.25, 0.3) is 83.9 Å². The number of fused-ring (bicyclic) bond motifs is 1. The van der Waals surface area contributed by atoms with Crippen molar-refractivity contribution in [1.82, 2.24) is 14.5 Å². The number of aryl methyl sites for hydroxylation is 3. The first-order valence-corrected chi connectivity index (χ1v) is 20.0. The van der Waals surface area contributed by atoms with E-state index >= 15 is 0 Å². The van der Waals surface area contributed by atoms with Gasteiger partial charge in [-0.15, -0.1) is 0 Å². The van der Waals surface area contributed by atoms with Gasteiger partial charge in [0.15, 0.2) is 0 Å². The number of aromatic nitrogens is 3. The summed E-state index contributed by atoms with van der Waals surface area (Å²) in [5, 5.41) is 11.7. The Bertz CT molecular complexity index is 3110. The number of nitrogens with zero attached hydrogens (tertiary/aromatic N) is 3. The van der Waals surface area contributed by atoms with Gasteiger partial charge in [0.05, 0.1) is 28.0 Å². The van der Waals surface area contributed by atoms with Crippen LogP contribution >= 0.6 is 0 Å². The van der Waals surface area contributed by atoms with E-state index in [0.717, 1.165) is 66.8 Å². The number of phenols is 1. The number of imidazole rings is 1. The van der Waals surface area contributed by atoms with Crippen molar-refractivity contribution in [2.45, 2.75) is 46.9 Å². The molecule has 0 fully saturated rings. The minimum Gasteiger partial charge on any atom is -0.507 e. The number of para-hydroxylation sites is 1. The lowest BCUT2D eigenvalue weighted by Crippen LogP contribution is -2.11. The molecule has 0 spiro atoms. The molecule has 4 nitrogen and oxygen atoms in total. The largest absolute Gasteiger partial charge is 0.507 e. The molecule has 0 aliphatic rings. The molecule has 1 N–H and O–H groups in total. The molecule has 0 radical (unpaired) electrons. The quantitative estimate of drug-likeness (QED) is 0.176. The summed E-state index contributed by atoms with van der Waals surface area (Å²) in [5.74, 6) is 0.553. The van der Waals surface area contributed by atoms with E-state index in [1.165, 1.54) is 5.56 Å². The highest BCUT2D eigenvalue weighted by molar-refractivity contribution is 5.97. The van der Waals surface area contributed by atoms with Gasteiger partial charge in [-0.25, -0.2) is 4.98 Å². The van der Waals surface area contributed by atoms with Crippen LogP contribution < -0.4 is 0 Å². The molecule has 0 amide bonds. The molecular formula is C55H47N3O. The summed E-state index contributed by atoms with van der Waals surface area (Å²) in [4.78, 5) is 10.3. The van der Waals surface area contributed by atoms with E-state index in [0.29, 0.717) is 28.2 Å². The van der Waals surface area contributed by atoms with Gasteiger partial charge in [0, 0.05) is 21.4 Å². The van der Waals surface area contributed by atoms with Crippen LogP contribution in [0, 0.1) is 20.7 Å². The minimum atomic E-state index is -2.46. The van der Waals surface area contributed by atoms with E-state index in [1.807, 2.05) is 103 Å². The average Bonchev–Trinajstić information content (AvgIpc) is 3.67. The summed E-state index contributed by atoms with van der Waals surface area (Å²) >= 11 is 0. The molecule has 4 heteroatoms. The molecule has 0 saturated heterocycles. The summed E-state index contributed by atoms with van der Waals surface area (Å²) < 4.78 is 28.3. The Morgan fingerprint density at radius 2 is 1.17 bits per heavy atom. The van der Waals surface area contributed by atoms with Crippen molar-refractivity contribution in [2.24, 2.45) is 0 Å². The molecule has 59 heavy (non-hydrogen) atoms. The molecule has 0 aliphatic carbocycles. The summed E-state index contributed by atoms with van der Waals surface area (Å²) in [6, 6.07) is 55.1. The van der Waals surface area contributed by atoms with Gasteiger partial charge in [0.1, 0.15) is 11.6 Å². The molecule has 7 aromatic carbocycles. The zero-order valence-corrected chi connectivity index (χ0v) is 34.0. The lowest BCUT2D eigenvalue weighted by atomic mass is 9.83. The second-order valence-corrected chi connectivity index (χ2v) is 16.4. The van der Waals surface area contributed by atoms with Crippen molar-refractivity contribution in [3.63, 3.8) is 0 Å². The van der Waals surface area contributed by atoms with Crippen LogP contribution in [-0.4, -0.2) is 19.6 Å². The number of rotatable bonds is 7. The van der Waals surface area contributed by atoms with Crippen molar-refractivity contribution in [3.8, 4) is 78.6 Å². The van der Waals surface area contributed by atoms with Crippen LogP contribution in [0.15, 0.2) is 170 Å². The van der Waals surface area contributed by atoms with Gasteiger partial charge in [0.25, 0.3) is 0 Å². The number of pyridine rings is 1. The van der Waals surface area contributed by atoms with Crippen molar-refractivity contribution in [2.75, 3.05) is 0 Å². The zero-order chi connectivity index (χ0) is 43.3. The Morgan fingerprint density at radius 3 is 1.86 bits per heavy atom. The molecule has 9 aromatic rings. The standard InChI is InChI=1S/C55H47N3O/c1-35-28-37(3)53(59)48(29-35)54-57-52-47(18-13-19-51(52)58(54)50-25-24-42(30-36(50)2)39-16-11-8-12-17-39)44-31-45(33-46(32-44)55(4,5)6)49-34-43(26-27-56-49)41-22-20-40(21-23-41)38-14-9-7-10-15-38/h7-34,59H,1-6H3/i2D3. The predicted octanol–water partition coefficient (Wildman–Crippen LogP) is 14.4. The number of hydrogen-bond acceptors (Lipinski definition) is 3. The predicted molar refractivity (Wildman–Crippen MR) is 246 cm³/mol. The van der Waals surface area contributed by atoms with Gasteiger partial charge in [-0.2, -0.15) is 0 Å². The first-order chi connectivity index (χ1) is 29.7. The van der Waals surface area contributed by atoms with Gasteiger partial charge >= 0.3 is 0 Å². The maximum atomic E-state index is 11.7.